The Morgan fingerprint density at radius 1 is 1.12 bits per heavy atom. The maximum absolute atomic E-state index is 13.5. The zero-order valence-corrected chi connectivity index (χ0v) is 25.8. The van der Waals surface area contributed by atoms with E-state index in [1.54, 1.807) is 22.8 Å². The van der Waals surface area contributed by atoms with Crippen molar-refractivity contribution in [2.75, 3.05) is 33.3 Å². The second kappa shape index (κ2) is 12.5. The summed E-state index contributed by atoms with van der Waals surface area (Å²) in [6, 6.07) is 22.1. The lowest BCUT2D eigenvalue weighted by atomic mass is 9.92. The molecule has 5 rings (SSSR count). The fraction of sp³-hybridized carbons (Fsp3) is 0.387. The standard InChI is InChI=1S/C31H39N5O3S2/c1-5-36(25-18-20-35(22-25)31(2,3)24-10-7-6-8-11-24)41(37,38)32-19-17-27-29(23-13-15-26(39-4)16-14-23)34-30(33-27)28-12-9-21-40-28/h6-16,21,25,32H,5,17-20,22H2,1-4H3,(H,33,34)/t25-/m1/s1. The number of methoxy groups -OCH3 is 1. The maximum atomic E-state index is 13.5. The van der Waals surface area contributed by atoms with E-state index in [2.05, 4.69) is 52.7 Å². The van der Waals surface area contributed by atoms with Gasteiger partial charge in [-0.2, -0.15) is 12.7 Å². The van der Waals surface area contributed by atoms with Crippen LogP contribution in [-0.4, -0.2) is 66.9 Å². The van der Waals surface area contributed by atoms with Gasteiger partial charge in [0.25, 0.3) is 10.2 Å². The molecule has 0 aliphatic carbocycles. The first-order valence-electron chi connectivity index (χ1n) is 14.1. The number of H-pyrrole nitrogens is 1. The molecule has 0 bridgehead atoms. The van der Waals surface area contributed by atoms with E-state index < -0.39 is 10.2 Å². The minimum Gasteiger partial charge on any atom is -0.497 e. The molecule has 0 amide bonds. The summed E-state index contributed by atoms with van der Waals surface area (Å²) >= 11 is 1.61. The van der Waals surface area contributed by atoms with E-state index in [0.717, 1.165) is 46.4 Å². The molecule has 0 unspecified atom stereocenters. The van der Waals surface area contributed by atoms with Gasteiger partial charge >= 0.3 is 0 Å². The number of imidazole rings is 1. The van der Waals surface area contributed by atoms with Crippen molar-refractivity contribution < 1.29 is 13.2 Å². The number of ether oxygens (including phenoxy) is 1. The number of hydrogen-bond donors (Lipinski definition) is 2. The predicted molar refractivity (Wildman–Crippen MR) is 166 cm³/mol. The van der Waals surface area contributed by atoms with Crippen LogP contribution in [0, 0.1) is 0 Å². The van der Waals surface area contributed by atoms with Gasteiger partial charge in [-0.05, 0) is 61.5 Å². The maximum Gasteiger partial charge on any atom is 0.279 e. The quantitative estimate of drug-likeness (QED) is 0.226. The van der Waals surface area contributed by atoms with E-state index in [0.29, 0.717) is 19.5 Å². The highest BCUT2D eigenvalue weighted by atomic mass is 32.2. The number of benzene rings is 2. The van der Waals surface area contributed by atoms with Crippen molar-refractivity contribution in [1.29, 1.82) is 0 Å². The van der Waals surface area contributed by atoms with Gasteiger partial charge in [0.2, 0.25) is 0 Å². The van der Waals surface area contributed by atoms with Crippen LogP contribution in [0.3, 0.4) is 0 Å². The Kier molecular flexibility index (Phi) is 8.96. The average molecular weight is 594 g/mol. The number of likely N-dealkylation sites (tertiary alicyclic amines) is 1. The monoisotopic (exact) mass is 593 g/mol. The Hall–Kier alpha value is -3.02. The Morgan fingerprint density at radius 2 is 1.88 bits per heavy atom. The summed E-state index contributed by atoms with van der Waals surface area (Å²) in [6.07, 6.45) is 1.28. The van der Waals surface area contributed by atoms with Gasteiger partial charge in [0.1, 0.15) is 11.6 Å². The third kappa shape index (κ3) is 6.42. The van der Waals surface area contributed by atoms with E-state index in [1.165, 1.54) is 5.56 Å². The molecule has 1 atom stereocenters. The third-order valence-corrected chi connectivity index (χ3v) is 10.6. The summed E-state index contributed by atoms with van der Waals surface area (Å²) in [7, 11) is -2.03. The molecule has 0 spiro atoms. The smallest absolute Gasteiger partial charge is 0.279 e. The van der Waals surface area contributed by atoms with Crippen LogP contribution >= 0.6 is 11.3 Å². The summed E-state index contributed by atoms with van der Waals surface area (Å²) in [4.78, 5) is 11.8. The number of aromatic amines is 1. The molecular formula is C31H39N5O3S2. The molecule has 1 fully saturated rings. The molecule has 2 aromatic carbocycles. The first kappa shape index (κ1) is 29.5. The second-order valence-electron chi connectivity index (χ2n) is 10.8. The van der Waals surface area contributed by atoms with Crippen molar-refractivity contribution >= 4 is 21.5 Å². The molecule has 10 heteroatoms. The van der Waals surface area contributed by atoms with Gasteiger partial charge in [-0.15, -0.1) is 11.3 Å². The van der Waals surface area contributed by atoms with Crippen molar-refractivity contribution in [2.24, 2.45) is 0 Å². The Balaban J connectivity index is 1.28. The van der Waals surface area contributed by atoms with Crippen molar-refractivity contribution in [3.05, 3.63) is 83.4 Å². The first-order valence-corrected chi connectivity index (χ1v) is 16.4. The normalized spacial score (nSPS) is 16.5. The molecule has 1 aliphatic rings. The first-order chi connectivity index (χ1) is 19.7. The van der Waals surface area contributed by atoms with Crippen LogP contribution in [0.5, 0.6) is 5.75 Å². The Bertz CT molecular complexity index is 1520. The molecule has 0 saturated carbocycles. The van der Waals surface area contributed by atoms with Crippen LogP contribution in [0.25, 0.3) is 22.0 Å². The van der Waals surface area contributed by atoms with Crippen molar-refractivity contribution in [1.82, 2.24) is 23.9 Å². The lowest BCUT2D eigenvalue weighted by molar-refractivity contribution is 0.145. The highest BCUT2D eigenvalue weighted by Gasteiger charge is 2.39. The summed E-state index contributed by atoms with van der Waals surface area (Å²) in [5.74, 6) is 1.56. The molecule has 218 valence electrons. The van der Waals surface area contributed by atoms with E-state index >= 15 is 0 Å². The Morgan fingerprint density at radius 3 is 2.54 bits per heavy atom. The number of nitrogens with one attached hydrogen (secondary N) is 2. The zero-order chi connectivity index (χ0) is 29.0. The highest BCUT2D eigenvalue weighted by molar-refractivity contribution is 7.87. The molecule has 8 nitrogen and oxygen atoms in total. The van der Waals surface area contributed by atoms with Crippen LogP contribution in [0.1, 0.15) is 38.4 Å². The molecule has 2 N–H and O–H groups in total. The fourth-order valence-electron chi connectivity index (χ4n) is 5.63. The van der Waals surface area contributed by atoms with Crippen LogP contribution in [0.4, 0.5) is 0 Å². The van der Waals surface area contributed by atoms with E-state index in [-0.39, 0.29) is 18.1 Å². The van der Waals surface area contributed by atoms with Gasteiger partial charge in [-0.25, -0.2) is 9.71 Å². The number of nitrogens with zero attached hydrogens (tertiary/aromatic N) is 3. The van der Waals surface area contributed by atoms with E-state index in [9.17, 15) is 8.42 Å². The van der Waals surface area contributed by atoms with E-state index in [4.69, 9.17) is 9.72 Å². The number of likely N-dealkylation sites (N-methyl/N-ethyl adjacent to an activating group) is 1. The molecule has 4 aromatic rings. The molecule has 3 heterocycles. The lowest BCUT2D eigenvalue weighted by Gasteiger charge is -2.37. The summed E-state index contributed by atoms with van der Waals surface area (Å²) in [5.41, 5.74) is 3.72. The van der Waals surface area contributed by atoms with Gasteiger partial charge in [0, 0.05) is 55.4 Å². The van der Waals surface area contributed by atoms with Gasteiger partial charge in [-0.3, -0.25) is 4.90 Å². The number of aromatic nitrogens is 2. The minimum atomic E-state index is -3.67. The van der Waals surface area contributed by atoms with Gasteiger partial charge in [-0.1, -0.05) is 43.3 Å². The van der Waals surface area contributed by atoms with Crippen LogP contribution in [-0.2, 0) is 22.2 Å². The molecule has 0 radical (unpaired) electrons. The van der Waals surface area contributed by atoms with Crippen molar-refractivity contribution in [2.45, 2.75) is 45.2 Å². The van der Waals surface area contributed by atoms with Gasteiger partial charge < -0.3 is 9.72 Å². The molecular weight excluding hydrogens is 555 g/mol. The van der Waals surface area contributed by atoms with Gasteiger partial charge in [0.15, 0.2) is 0 Å². The van der Waals surface area contributed by atoms with Crippen LogP contribution in [0.2, 0.25) is 0 Å². The molecule has 2 aromatic heterocycles. The van der Waals surface area contributed by atoms with Crippen molar-refractivity contribution in [3.8, 4) is 27.7 Å². The summed E-state index contributed by atoms with van der Waals surface area (Å²) in [6.45, 7) is 8.57. The van der Waals surface area contributed by atoms with Crippen LogP contribution < -0.4 is 9.46 Å². The van der Waals surface area contributed by atoms with Crippen molar-refractivity contribution in [3.63, 3.8) is 0 Å². The predicted octanol–water partition coefficient (Wildman–Crippen LogP) is 5.52. The van der Waals surface area contributed by atoms with Crippen LogP contribution in [0.15, 0.2) is 72.1 Å². The SMILES string of the molecule is CCN([C@@H]1CCN(C(C)(C)c2ccccc2)C1)S(=O)(=O)NCCc1[nH]c(-c2cccs2)nc1-c1ccc(OC)cc1. The Labute approximate surface area is 247 Å². The number of thiophene rings is 1. The summed E-state index contributed by atoms with van der Waals surface area (Å²) < 4.78 is 36.9. The van der Waals surface area contributed by atoms with E-state index in [1.807, 2.05) is 54.8 Å². The summed E-state index contributed by atoms with van der Waals surface area (Å²) in [5, 5.41) is 2.02. The average Bonchev–Trinajstić information content (AvgIpc) is 3.75. The second-order valence-corrected chi connectivity index (χ2v) is 13.4. The van der Waals surface area contributed by atoms with Gasteiger partial charge in [0.05, 0.1) is 17.7 Å². The lowest BCUT2D eigenvalue weighted by Crippen LogP contribution is -2.49. The topological polar surface area (TPSA) is 90.6 Å². The highest BCUT2D eigenvalue weighted by Crippen LogP contribution is 2.33. The number of rotatable bonds is 12. The third-order valence-electron chi connectivity index (χ3n) is 8.02. The molecule has 41 heavy (non-hydrogen) atoms. The molecule has 1 saturated heterocycles. The largest absolute Gasteiger partial charge is 0.497 e. The fourth-order valence-corrected chi connectivity index (χ4v) is 7.73. The minimum absolute atomic E-state index is 0.0760. The zero-order valence-electron chi connectivity index (χ0n) is 24.1. The number of hydrogen-bond acceptors (Lipinski definition) is 6. The molecule has 1 aliphatic heterocycles.